The van der Waals surface area contributed by atoms with E-state index >= 15 is 0 Å². The van der Waals surface area contributed by atoms with E-state index in [0.717, 1.165) is 34.4 Å². The van der Waals surface area contributed by atoms with E-state index in [1.54, 1.807) is 16.2 Å². The van der Waals surface area contributed by atoms with Crippen LogP contribution < -0.4 is 67.4 Å². The fourth-order valence-electron chi connectivity index (χ4n) is 4.98. The smallest absolute Gasteiger partial charge is 1.00 e. The molecule has 202 valence electrons. The van der Waals surface area contributed by atoms with Crippen LogP contribution in [0.25, 0.3) is 34.0 Å². The number of hydrogen-bond donors (Lipinski definition) is 1. The van der Waals surface area contributed by atoms with Crippen LogP contribution >= 0.6 is 0 Å². The van der Waals surface area contributed by atoms with Gasteiger partial charge in [-0.3, -0.25) is 14.3 Å². The largest absolute Gasteiger partial charge is 1.00 e. The third kappa shape index (κ3) is 5.63. The molecule has 0 saturated heterocycles. The van der Waals surface area contributed by atoms with E-state index in [4.69, 9.17) is 9.26 Å². The van der Waals surface area contributed by atoms with Crippen LogP contribution in [-0.2, 0) is 12.8 Å². The standard InChI is InChI=1S/C30H26N6O4.K.H/c1-3-6-26-25(28(37)35(29-31-18-32-36(26)29)21-13-15-22(39-2)16-14-21)17-19-9-11-20(12-10-19)23-7-4-5-8-24(23)27-33-30(38)40-34-27;;/h4-5,7-16,18H,3,6,17H2,1-2H3,(H,33,34,38);;/q;+1;-1. The molecule has 0 aliphatic carbocycles. The summed E-state index contributed by atoms with van der Waals surface area (Å²) in [4.78, 5) is 32.6. The number of hydrogen-bond acceptors (Lipinski definition) is 7. The molecule has 6 rings (SSSR count). The van der Waals surface area contributed by atoms with Crippen LogP contribution in [-0.4, -0.2) is 36.4 Å². The Labute approximate surface area is 278 Å². The number of benzene rings is 3. The summed E-state index contributed by atoms with van der Waals surface area (Å²) in [5.74, 6) is 0.940. The van der Waals surface area contributed by atoms with Gasteiger partial charge in [0.2, 0.25) is 5.78 Å². The van der Waals surface area contributed by atoms with Gasteiger partial charge in [0.1, 0.15) is 12.1 Å². The van der Waals surface area contributed by atoms with E-state index in [1.807, 2.05) is 72.8 Å². The number of fused-ring (bicyclic) bond motifs is 1. The monoisotopic (exact) mass is 574 g/mol. The Morgan fingerprint density at radius 3 is 2.37 bits per heavy atom. The number of methoxy groups -OCH3 is 1. The number of H-pyrrole nitrogens is 1. The van der Waals surface area contributed by atoms with Crippen LogP contribution in [0.5, 0.6) is 5.75 Å². The number of nitrogens with zero attached hydrogens (tertiary/aromatic N) is 5. The van der Waals surface area contributed by atoms with Gasteiger partial charge in [-0.15, -0.1) is 0 Å². The van der Waals surface area contributed by atoms with Crippen molar-refractivity contribution in [3.8, 4) is 34.0 Å². The molecule has 6 aromatic rings. The van der Waals surface area contributed by atoms with Crippen molar-refractivity contribution >= 4 is 5.78 Å². The molecule has 0 bridgehead atoms. The van der Waals surface area contributed by atoms with E-state index in [9.17, 15) is 9.59 Å². The van der Waals surface area contributed by atoms with E-state index in [2.05, 4.69) is 27.1 Å². The van der Waals surface area contributed by atoms with Crippen LogP contribution in [0.3, 0.4) is 0 Å². The summed E-state index contributed by atoms with van der Waals surface area (Å²) in [6.07, 6.45) is 3.45. The van der Waals surface area contributed by atoms with Crippen LogP contribution in [0.4, 0.5) is 0 Å². The van der Waals surface area contributed by atoms with Crippen molar-refractivity contribution in [2.75, 3.05) is 7.11 Å². The molecule has 41 heavy (non-hydrogen) atoms. The molecular formula is C30H27KN6O4. The van der Waals surface area contributed by atoms with E-state index in [1.165, 1.54) is 6.33 Å². The average Bonchev–Trinajstić information content (AvgIpc) is 3.65. The van der Waals surface area contributed by atoms with Crippen LogP contribution in [0.1, 0.15) is 31.6 Å². The molecule has 3 aromatic heterocycles. The van der Waals surface area contributed by atoms with Gasteiger partial charge in [-0.25, -0.2) is 13.9 Å². The Kier molecular flexibility index (Phi) is 8.81. The predicted octanol–water partition coefficient (Wildman–Crippen LogP) is 1.56. The summed E-state index contributed by atoms with van der Waals surface area (Å²) >= 11 is 0. The molecule has 3 aromatic carbocycles. The summed E-state index contributed by atoms with van der Waals surface area (Å²) in [5, 5.41) is 8.32. The van der Waals surface area contributed by atoms with E-state index in [0.29, 0.717) is 41.4 Å². The number of aromatic amines is 1. The second-order valence-electron chi connectivity index (χ2n) is 9.35. The zero-order valence-corrected chi connectivity index (χ0v) is 26.1. The molecule has 0 saturated carbocycles. The fourth-order valence-corrected chi connectivity index (χ4v) is 4.98. The number of ether oxygens (including phenoxy) is 1. The van der Waals surface area contributed by atoms with E-state index < -0.39 is 5.76 Å². The normalized spacial score (nSPS) is 11.0. The zero-order chi connectivity index (χ0) is 27.6. The summed E-state index contributed by atoms with van der Waals surface area (Å²) in [5.41, 5.74) is 5.66. The van der Waals surface area contributed by atoms with Crippen molar-refractivity contribution in [1.29, 1.82) is 0 Å². The average molecular weight is 575 g/mol. The number of aromatic nitrogens is 6. The molecule has 0 spiro atoms. The van der Waals surface area contributed by atoms with Gasteiger partial charge in [-0.1, -0.05) is 67.0 Å². The van der Waals surface area contributed by atoms with Crippen molar-refractivity contribution in [3.05, 3.63) is 117 Å². The topological polar surface area (TPSA) is 120 Å². The van der Waals surface area contributed by atoms with Gasteiger partial charge in [0.15, 0.2) is 5.82 Å². The molecule has 3 heterocycles. The third-order valence-electron chi connectivity index (χ3n) is 6.88. The summed E-state index contributed by atoms with van der Waals surface area (Å²) in [7, 11) is 1.61. The quantitative estimate of drug-likeness (QED) is 0.274. The molecule has 0 radical (unpaired) electrons. The van der Waals surface area contributed by atoms with Gasteiger partial charge in [-0.2, -0.15) is 10.1 Å². The predicted molar refractivity (Wildman–Crippen MR) is 151 cm³/mol. The van der Waals surface area contributed by atoms with Crippen molar-refractivity contribution in [3.63, 3.8) is 0 Å². The second-order valence-corrected chi connectivity index (χ2v) is 9.35. The van der Waals surface area contributed by atoms with Gasteiger partial charge in [0, 0.05) is 17.5 Å². The maximum absolute atomic E-state index is 14.0. The molecule has 1 N–H and O–H groups in total. The Balaban J connectivity index is 0.00000202. The fraction of sp³-hybridized carbons (Fsp3) is 0.167. The Hall–Kier alpha value is -3.61. The zero-order valence-electron chi connectivity index (χ0n) is 24.0. The minimum Gasteiger partial charge on any atom is -1.00 e. The van der Waals surface area contributed by atoms with Crippen LogP contribution in [0, 0.1) is 0 Å². The first-order chi connectivity index (χ1) is 19.6. The Morgan fingerprint density at radius 2 is 1.71 bits per heavy atom. The van der Waals surface area contributed by atoms with Gasteiger partial charge in [0.05, 0.1) is 18.5 Å². The summed E-state index contributed by atoms with van der Waals surface area (Å²) in [6.45, 7) is 2.08. The van der Waals surface area contributed by atoms with E-state index in [-0.39, 0.29) is 58.4 Å². The van der Waals surface area contributed by atoms with Crippen LogP contribution in [0.15, 0.2) is 93.2 Å². The summed E-state index contributed by atoms with van der Waals surface area (Å²) in [6, 6.07) is 23.0. The van der Waals surface area contributed by atoms with Crippen LogP contribution in [0.2, 0.25) is 0 Å². The van der Waals surface area contributed by atoms with Gasteiger partial charge >= 0.3 is 57.1 Å². The van der Waals surface area contributed by atoms with Crippen molar-refractivity contribution < 1.29 is 62.1 Å². The maximum atomic E-state index is 14.0. The molecule has 0 unspecified atom stereocenters. The van der Waals surface area contributed by atoms with Crippen molar-refractivity contribution in [2.24, 2.45) is 0 Å². The first-order valence-corrected chi connectivity index (χ1v) is 12.9. The Bertz CT molecular complexity index is 1930. The Morgan fingerprint density at radius 1 is 0.976 bits per heavy atom. The van der Waals surface area contributed by atoms with Crippen molar-refractivity contribution in [2.45, 2.75) is 26.2 Å². The van der Waals surface area contributed by atoms with Gasteiger partial charge in [-0.05, 0) is 47.4 Å². The van der Waals surface area contributed by atoms with Gasteiger partial charge < -0.3 is 6.16 Å². The second kappa shape index (κ2) is 12.5. The number of aryl methyl sites for hydroxylation is 1. The molecule has 0 fully saturated rings. The van der Waals surface area contributed by atoms with Gasteiger partial charge in [0.25, 0.3) is 5.56 Å². The first kappa shape index (κ1) is 28.9. The third-order valence-corrected chi connectivity index (χ3v) is 6.88. The number of nitrogens with one attached hydrogen (secondary N) is 1. The number of rotatable bonds is 8. The molecule has 11 heteroatoms. The SMILES string of the molecule is CCCc1c(Cc2ccc(-c3ccccc3-c3noc(=O)[nH]3)cc2)c(=O)n(-c2ccc(OC)cc2)c2ncnn12.[H-].[K+]. The minimum atomic E-state index is -0.604. The molecule has 0 amide bonds. The maximum Gasteiger partial charge on any atom is 1.00 e. The molecule has 0 atom stereocenters. The minimum absolute atomic E-state index is 0. The first-order valence-electron chi connectivity index (χ1n) is 12.9. The van der Waals surface area contributed by atoms with Crippen molar-refractivity contribution in [1.82, 2.24) is 29.3 Å². The molecule has 0 aliphatic rings. The molecular weight excluding hydrogens is 547 g/mol. The molecule has 10 nitrogen and oxygen atoms in total. The summed E-state index contributed by atoms with van der Waals surface area (Å²) < 4.78 is 13.4. The molecule has 0 aliphatic heterocycles.